The van der Waals surface area contributed by atoms with Crippen LogP contribution in [0.25, 0.3) is 0 Å². The molecule has 3 atom stereocenters. The molecule has 7 rings (SSSR count). The van der Waals surface area contributed by atoms with E-state index in [1.807, 2.05) is 6.07 Å². The van der Waals surface area contributed by atoms with Crippen LogP contribution in [-0.4, -0.2) is 28.9 Å². The molecule has 4 aliphatic rings. The molecule has 2 aromatic carbocycles. The van der Waals surface area contributed by atoms with Gasteiger partial charge in [-0.05, 0) is 67.3 Å². The highest BCUT2D eigenvalue weighted by molar-refractivity contribution is 5.95. The second-order valence-electron chi connectivity index (χ2n) is 10.5. The summed E-state index contributed by atoms with van der Waals surface area (Å²) in [5, 5.41) is 5.59. The van der Waals surface area contributed by atoms with E-state index in [0.29, 0.717) is 54.3 Å². The zero-order valence-electron chi connectivity index (χ0n) is 20.5. The number of carbonyl (C=O) groups excluding carboxylic acids is 2. The average Bonchev–Trinajstić information content (AvgIpc) is 3.77. The molecule has 2 fully saturated rings. The van der Waals surface area contributed by atoms with Crippen molar-refractivity contribution in [3.63, 3.8) is 0 Å². The van der Waals surface area contributed by atoms with E-state index in [4.69, 9.17) is 15.2 Å². The van der Waals surface area contributed by atoms with Crippen molar-refractivity contribution in [3.8, 4) is 17.2 Å². The largest absolute Gasteiger partial charge is 0.487 e. The van der Waals surface area contributed by atoms with Crippen molar-refractivity contribution < 1.29 is 32.2 Å². The lowest BCUT2D eigenvalue weighted by atomic mass is 9.98. The average molecular weight is 537 g/mol. The number of aromatic nitrogens is 1. The molecule has 11 heteroatoms. The molecule has 2 saturated carbocycles. The topological polar surface area (TPSA) is 116 Å². The van der Waals surface area contributed by atoms with Gasteiger partial charge in [-0.3, -0.25) is 9.59 Å². The van der Waals surface area contributed by atoms with Gasteiger partial charge in [-0.1, -0.05) is 0 Å². The number of carbonyl (C=O) groups is 2. The number of nitrogens with two attached hydrogens (primary N) is 1. The Balaban J connectivity index is 1.09. The van der Waals surface area contributed by atoms with E-state index >= 15 is 0 Å². The fraction of sp³-hybridized carbons (Fsp3) is 0.321. The van der Waals surface area contributed by atoms with Crippen molar-refractivity contribution in [3.05, 3.63) is 76.5 Å². The number of alkyl halides is 3. The number of halogens is 3. The Hall–Kier alpha value is -4.12. The van der Waals surface area contributed by atoms with Crippen molar-refractivity contribution in [1.29, 1.82) is 0 Å². The number of benzene rings is 2. The third-order valence-corrected chi connectivity index (χ3v) is 7.84. The first-order chi connectivity index (χ1) is 18.6. The fourth-order valence-electron chi connectivity index (χ4n) is 5.42. The molecule has 8 nitrogen and oxygen atoms in total. The molecule has 2 amide bonds. The number of hydrogen-bond donors (Lipinski definition) is 3. The van der Waals surface area contributed by atoms with Crippen LogP contribution in [0.15, 0.2) is 48.7 Å². The van der Waals surface area contributed by atoms with Crippen LogP contribution in [0.4, 0.5) is 19.0 Å². The van der Waals surface area contributed by atoms with Crippen molar-refractivity contribution in [2.45, 2.75) is 55.5 Å². The monoisotopic (exact) mass is 536 g/mol. The summed E-state index contributed by atoms with van der Waals surface area (Å²) in [4.78, 5) is 29.0. The van der Waals surface area contributed by atoms with Gasteiger partial charge in [-0.25, -0.2) is 4.98 Å². The molecule has 200 valence electrons. The molecule has 0 unspecified atom stereocenters. The summed E-state index contributed by atoms with van der Waals surface area (Å²) in [7, 11) is 0. The molecule has 2 aliphatic carbocycles. The maximum atomic E-state index is 13.5. The minimum Gasteiger partial charge on any atom is -0.487 e. The highest BCUT2D eigenvalue weighted by atomic mass is 19.4. The van der Waals surface area contributed by atoms with Crippen molar-refractivity contribution >= 4 is 17.6 Å². The highest BCUT2D eigenvalue weighted by Gasteiger charge is 2.60. The SMILES string of the molecule is NC1(c2cc(C(=O)N[C@H]3[C@H]4Oc5ccc(Oc6ccnc7c6CCC(=O)N7)cc5[C@@H]34)cc(C(F)(F)F)c2)CC1. The molecular formula is C28H23F3N4O4. The molecule has 0 bridgehead atoms. The fourth-order valence-corrected chi connectivity index (χ4v) is 5.42. The first-order valence-electron chi connectivity index (χ1n) is 12.7. The van der Waals surface area contributed by atoms with Gasteiger partial charge < -0.3 is 25.8 Å². The molecule has 3 heterocycles. The smallest absolute Gasteiger partial charge is 0.416 e. The van der Waals surface area contributed by atoms with Gasteiger partial charge in [0.2, 0.25) is 5.91 Å². The summed E-state index contributed by atoms with van der Waals surface area (Å²) in [6.07, 6.45) is -1.32. The normalized spacial score (nSPS) is 23.5. The van der Waals surface area contributed by atoms with E-state index in [1.54, 1.807) is 24.4 Å². The molecule has 0 saturated heterocycles. The summed E-state index contributed by atoms with van der Waals surface area (Å²) in [6, 6.07) is 10.1. The minimum absolute atomic E-state index is 0.0756. The summed E-state index contributed by atoms with van der Waals surface area (Å²) < 4.78 is 52.7. The maximum Gasteiger partial charge on any atom is 0.416 e. The number of hydrogen-bond acceptors (Lipinski definition) is 6. The van der Waals surface area contributed by atoms with Gasteiger partial charge in [0.1, 0.15) is 29.2 Å². The number of rotatable bonds is 5. The van der Waals surface area contributed by atoms with E-state index in [1.165, 1.54) is 6.07 Å². The molecule has 3 aromatic rings. The van der Waals surface area contributed by atoms with Gasteiger partial charge >= 0.3 is 6.18 Å². The van der Waals surface area contributed by atoms with Gasteiger partial charge in [-0.2, -0.15) is 13.2 Å². The van der Waals surface area contributed by atoms with Gasteiger partial charge in [0.25, 0.3) is 5.91 Å². The maximum absolute atomic E-state index is 13.5. The molecular weight excluding hydrogens is 513 g/mol. The number of nitrogens with zero attached hydrogens (tertiary/aromatic N) is 1. The first kappa shape index (κ1) is 24.0. The van der Waals surface area contributed by atoms with Crippen LogP contribution >= 0.6 is 0 Å². The van der Waals surface area contributed by atoms with Gasteiger partial charge in [0.15, 0.2) is 0 Å². The summed E-state index contributed by atoms with van der Waals surface area (Å²) in [5.74, 6) is 1.46. The predicted molar refractivity (Wildman–Crippen MR) is 133 cm³/mol. The van der Waals surface area contributed by atoms with E-state index in [2.05, 4.69) is 15.6 Å². The third kappa shape index (κ3) is 4.17. The summed E-state index contributed by atoms with van der Waals surface area (Å²) in [6.45, 7) is 0. The number of nitrogens with one attached hydrogen (secondary N) is 2. The zero-order valence-corrected chi connectivity index (χ0v) is 20.5. The zero-order chi connectivity index (χ0) is 27.1. The summed E-state index contributed by atoms with van der Waals surface area (Å²) >= 11 is 0. The van der Waals surface area contributed by atoms with Crippen LogP contribution in [-0.2, 0) is 22.9 Å². The van der Waals surface area contributed by atoms with Crippen LogP contribution in [0.3, 0.4) is 0 Å². The predicted octanol–water partition coefficient (Wildman–Crippen LogP) is 4.38. The Bertz CT molecular complexity index is 1530. The third-order valence-electron chi connectivity index (χ3n) is 7.84. The first-order valence-corrected chi connectivity index (χ1v) is 12.7. The van der Waals surface area contributed by atoms with Gasteiger partial charge in [-0.15, -0.1) is 0 Å². The summed E-state index contributed by atoms with van der Waals surface area (Å²) in [5.41, 5.74) is 6.35. The standard InChI is InChI=1S/C28H23F3N4O4/c29-28(30,31)15-10-13(9-14(11-15)27(32)6-7-27)26(37)35-23-22-18-12-16(1-3-19(18)39-24(22)23)38-20-5-8-33-25-17(20)2-4-21(36)34-25/h1,3,5,8-12,22-24H,2,4,6-7,32H2,(H,35,37)(H,33,34,36)/t22-,23+,24-/m0/s1. The second kappa shape index (κ2) is 8.19. The van der Waals surface area contributed by atoms with Crippen molar-refractivity contribution in [2.75, 3.05) is 5.32 Å². The van der Waals surface area contributed by atoms with E-state index in [9.17, 15) is 22.8 Å². The van der Waals surface area contributed by atoms with Crippen LogP contribution in [0, 0.1) is 0 Å². The quantitative estimate of drug-likeness (QED) is 0.446. The Morgan fingerprint density at radius 1 is 1.15 bits per heavy atom. The molecule has 0 spiro atoms. The van der Waals surface area contributed by atoms with Gasteiger partial charge in [0.05, 0.1) is 17.5 Å². The Kier molecular flexibility index (Phi) is 5.03. The number of ether oxygens (including phenoxy) is 2. The molecule has 39 heavy (non-hydrogen) atoms. The van der Waals surface area contributed by atoms with Crippen LogP contribution in [0.5, 0.6) is 17.2 Å². The molecule has 4 N–H and O–H groups in total. The Morgan fingerprint density at radius 3 is 2.74 bits per heavy atom. The highest BCUT2D eigenvalue weighted by Crippen LogP contribution is 2.55. The number of pyridine rings is 1. The van der Waals surface area contributed by atoms with E-state index < -0.39 is 23.2 Å². The number of anilines is 1. The molecule has 0 radical (unpaired) electrons. The Labute approximate surface area is 220 Å². The lowest BCUT2D eigenvalue weighted by Gasteiger charge is -2.19. The van der Waals surface area contributed by atoms with Crippen LogP contribution in [0.2, 0.25) is 0 Å². The molecule has 2 aliphatic heterocycles. The van der Waals surface area contributed by atoms with Gasteiger partial charge in [0, 0.05) is 34.8 Å². The number of amides is 2. The molecule has 1 aromatic heterocycles. The van der Waals surface area contributed by atoms with Crippen LogP contribution < -0.4 is 25.8 Å². The minimum atomic E-state index is -4.59. The van der Waals surface area contributed by atoms with Crippen LogP contribution in [0.1, 0.15) is 57.8 Å². The lowest BCUT2D eigenvalue weighted by molar-refractivity contribution is -0.137. The number of fused-ring (bicyclic) bond motifs is 4. The lowest BCUT2D eigenvalue weighted by Crippen LogP contribution is -2.31. The van der Waals surface area contributed by atoms with Crippen molar-refractivity contribution in [1.82, 2.24) is 10.3 Å². The van der Waals surface area contributed by atoms with Crippen molar-refractivity contribution in [2.24, 2.45) is 5.73 Å². The van der Waals surface area contributed by atoms with E-state index in [0.717, 1.165) is 23.3 Å². The Morgan fingerprint density at radius 2 is 1.97 bits per heavy atom. The van der Waals surface area contributed by atoms with E-state index in [-0.39, 0.29) is 29.5 Å². The second-order valence-corrected chi connectivity index (χ2v) is 10.5.